The fourth-order valence-corrected chi connectivity index (χ4v) is 1.12. The lowest BCUT2D eigenvalue weighted by Crippen LogP contribution is -2.40. The van der Waals surface area contributed by atoms with Crippen LogP contribution in [0.25, 0.3) is 0 Å². The summed E-state index contributed by atoms with van der Waals surface area (Å²) in [4.78, 5) is 19.7. The van der Waals surface area contributed by atoms with Crippen molar-refractivity contribution in [3.63, 3.8) is 0 Å². The van der Waals surface area contributed by atoms with E-state index >= 15 is 0 Å². The molecular formula is C7H8N3O4+. The molecule has 0 radical (unpaired) electrons. The minimum absolute atomic E-state index is 0.0485. The average molecular weight is 198 g/mol. The highest BCUT2D eigenvalue weighted by Crippen LogP contribution is 2.29. The molecule has 1 rings (SSSR count). The Morgan fingerprint density at radius 1 is 1.14 bits per heavy atom. The van der Waals surface area contributed by atoms with E-state index in [-0.39, 0.29) is 22.6 Å². The first-order valence-corrected chi connectivity index (χ1v) is 3.69. The Kier molecular flexibility index (Phi) is 2.43. The SMILES string of the molecule is Cc1c([N+](=O)[O-])cc([NH3+])cc1[N+](=O)[O-]. The van der Waals surface area contributed by atoms with Crippen molar-refractivity contribution in [3.05, 3.63) is 37.9 Å². The summed E-state index contributed by atoms with van der Waals surface area (Å²) in [6, 6.07) is 2.42. The van der Waals surface area contributed by atoms with Crippen LogP contribution in [0.4, 0.5) is 17.1 Å². The Morgan fingerprint density at radius 3 is 1.79 bits per heavy atom. The summed E-state index contributed by atoms with van der Waals surface area (Å²) in [5.74, 6) is 0. The molecule has 0 saturated heterocycles. The van der Waals surface area contributed by atoms with Gasteiger partial charge in [-0.2, -0.15) is 0 Å². The van der Waals surface area contributed by atoms with E-state index < -0.39 is 9.85 Å². The number of benzene rings is 1. The van der Waals surface area contributed by atoms with Gasteiger partial charge in [-0.25, -0.2) is 0 Å². The predicted octanol–water partition coefficient (Wildman–Crippen LogP) is 0.685. The maximum atomic E-state index is 10.5. The number of rotatable bonds is 2. The number of nitro groups is 2. The molecule has 7 heteroatoms. The summed E-state index contributed by atoms with van der Waals surface area (Å²) >= 11 is 0. The molecule has 14 heavy (non-hydrogen) atoms. The van der Waals surface area contributed by atoms with Crippen molar-refractivity contribution >= 4 is 17.1 Å². The summed E-state index contributed by atoms with van der Waals surface area (Å²) in [5.41, 5.74) is 3.20. The molecule has 0 bridgehead atoms. The van der Waals surface area contributed by atoms with Gasteiger partial charge in [-0.15, -0.1) is 0 Å². The first kappa shape index (κ1) is 10.1. The third-order valence-corrected chi connectivity index (χ3v) is 1.81. The summed E-state index contributed by atoms with van der Waals surface area (Å²) in [6.07, 6.45) is 0. The van der Waals surface area contributed by atoms with Gasteiger partial charge in [0.05, 0.1) is 22.0 Å². The van der Waals surface area contributed by atoms with E-state index in [1.807, 2.05) is 0 Å². The topological polar surface area (TPSA) is 114 Å². The van der Waals surface area contributed by atoms with Gasteiger partial charge in [0.1, 0.15) is 11.3 Å². The highest BCUT2D eigenvalue weighted by molar-refractivity contribution is 5.59. The third-order valence-electron chi connectivity index (χ3n) is 1.81. The van der Waals surface area contributed by atoms with Crippen LogP contribution in [0.5, 0.6) is 0 Å². The number of nitrogens with zero attached hydrogens (tertiary/aromatic N) is 2. The fraction of sp³-hybridized carbons (Fsp3) is 0.143. The predicted molar refractivity (Wildman–Crippen MR) is 47.0 cm³/mol. The Labute approximate surface area is 78.4 Å². The summed E-state index contributed by atoms with van der Waals surface area (Å²) < 4.78 is 0. The second-order valence-electron chi connectivity index (χ2n) is 2.77. The van der Waals surface area contributed by atoms with E-state index in [4.69, 9.17) is 0 Å². The van der Waals surface area contributed by atoms with Crippen LogP contribution in [0.15, 0.2) is 12.1 Å². The van der Waals surface area contributed by atoms with Crippen LogP contribution in [0.2, 0.25) is 0 Å². The molecule has 0 aromatic heterocycles. The molecular weight excluding hydrogens is 190 g/mol. The van der Waals surface area contributed by atoms with Crippen LogP contribution >= 0.6 is 0 Å². The van der Waals surface area contributed by atoms with Crippen LogP contribution in [0.1, 0.15) is 5.56 Å². The van der Waals surface area contributed by atoms with Crippen LogP contribution in [-0.2, 0) is 0 Å². The first-order chi connectivity index (χ1) is 6.43. The molecule has 0 aliphatic heterocycles. The van der Waals surface area contributed by atoms with Crippen LogP contribution in [0.3, 0.4) is 0 Å². The largest absolute Gasteiger partial charge is 0.325 e. The molecule has 0 heterocycles. The van der Waals surface area contributed by atoms with Crippen molar-refractivity contribution in [2.75, 3.05) is 0 Å². The second kappa shape index (κ2) is 3.38. The molecule has 74 valence electrons. The quantitative estimate of drug-likeness (QED) is 0.555. The van der Waals surface area contributed by atoms with Gasteiger partial charge in [0.2, 0.25) is 0 Å². The maximum absolute atomic E-state index is 10.5. The number of hydrogen-bond acceptors (Lipinski definition) is 4. The molecule has 0 unspecified atom stereocenters. The van der Waals surface area contributed by atoms with Gasteiger partial charge in [-0.3, -0.25) is 20.2 Å². The zero-order valence-corrected chi connectivity index (χ0v) is 7.39. The molecule has 1 aromatic carbocycles. The average Bonchev–Trinajstić information content (AvgIpc) is 2.07. The fourth-order valence-electron chi connectivity index (χ4n) is 1.12. The van der Waals surface area contributed by atoms with Crippen molar-refractivity contribution in [2.45, 2.75) is 6.92 Å². The van der Waals surface area contributed by atoms with Crippen molar-refractivity contribution < 1.29 is 15.6 Å². The van der Waals surface area contributed by atoms with Gasteiger partial charge in [-0.1, -0.05) is 0 Å². The first-order valence-electron chi connectivity index (χ1n) is 3.69. The number of quaternary nitrogens is 1. The summed E-state index contributed by atoms with van der Waals surface area (Å²) in [6.45, 7) is 1.34. The smallest absolute Gasteiger partial charge is 0.285 e. The minimum atomic E-state index is -0.656. The van der Waals surface area contributed by atoms with Crippen molar-refractivity contribution in [2.24, 2.45) is 0 Å². The number of nitro benzene ring substituents is 2. The van der Waals surface area contributed by atoms with E-state index in [9.17, 15) is 20.2 Å². The van der Waals surface area contributed by atoms with Gasteiger partial charge in [0, 0.05) is 0 Å². The van der Waals surface area contributed by atoms with Crippen molar-refractivity contribution in [1.82, 2.24) is 0 Å². The van der Waals surface area contributed by atoms with E-state index in [0.717, 1.165) is 0 Å². The molecule has 7 nitrogen and oxygen atoms in total. The summed E-state index contributed by atoms with van der Waals surface area (Å²) in [7, 11) is 0. The normalized spacial score (nSPS) is 9.86. The van der Waals surface area contributed by atoms with Gasteiger partial charge in [0.15, 0.2) is 0 Å². The highest BCUT2D eigenvalue weighted by Gasteiger charge is 2.23. The van der Waals surface area contributed by atoms with Crippen molar-refractivity contribution in [1.29, 1.82) is 0 Å². The molecule has 0 aliphatic carbocycles. The third kappa shape index (κ3) is 1.67. The molecule has 0 amide bonds. The molecule has 0 fully saturated rings. The van der Waals surface area contributed by atoms with Crippen LogP contribution in [-0.4, -0.2) is 9.85 Å². The molecule has 0 spiro atoms. The molecule has 0 atom stereocenters. The van der Waals surface area contributed by atoms with Gasteiger partial charge in [-0.05, 0) is 6.92 Å². The minimum Gasteiger partial charge on any atom is -0.325 e. The zero-order chi connectivity index (χ0) is 10.9. The van der Waals surface area contributed by atoms with Crippen LogP contribution in [0, 0.1) is 27.2 Å². The Bertz CT molecular complexity index is 380. The van der Waals surface area contributed by atoms with Gasteiger partial charge >= 0.3 is 0 Å². The monoisotopic (exact) mass is 198 g/mol. The lowest BCUT2D eigenvalue weighted by Gasteiger charge is -1.98. The molecule has 0 saturated carbocycles. The Morgan fingerprint density at radius 2 is 1.50 bits per heavy atom. The molecule has 0 aliphatic rings. The lowest BCUT2D eigenvalue weighted by atomic mass is 10.1. The maximum Gasteiger partial charge on any atom is 0.285 e. The van der Waals surface area contributed by atoms with Crippen molar-refractivity contribution in [3.8, 4) is 0 Å². The Hall–Kier alpha value is -2.02. The van der Waals surface area contributed by atoms with Gasteiger partial charge in [0.25, 0.3) is 11.4 Å². The Balaban J connectivity index is 3.47. The van der Waals surface area contributed by atoms with E-state index in [2.05, 4.69) is 5.73 Å². The molecule has 1 aromatic rings. The van der Waals surface area contributed by atoms with Crippen LogP contribution < -0.4 is 5.73 Å². The summed E-state index contributed by atoms with van der Waals surface area (Å²) in [5, 5.41) is 21.0. The number of hydrogen-bond donors (Lipinski definition) is 1. The second-order valence-corrected chi connectivity index (χ2v) is 2.77. The highest BCUT2D eigenvalue weighted by atomic mass is 16.6. The van der Waals surface area contributed by atoms with E-state index in [1.54, 1.807) is 0 Å². The standard InChI is InChI=1S/C7H7N3O4/c1-4-6(9(11)12)2-5(8)3-7(4)10(13)14/h2-3H,8H2,1H3/p+1. The lowest BCUT2D eigenvalue weighted by molar-refractivity contribution is -0.396. The van der Waals surface area contributed by atoms with E-state index in [0.29, 0.717) is 0 Å². The van der Waals surface area contributed by atoms with Gasteiger partial charge < -0.3 is 5.73 Å². The zero-order valence-electron chi connectivity index (χ0n) is 7.39. The molecule has 3 N–H and O–H groups in total. The van der Waals surface area contributed by atoms with E-state index in [1.165, 1.54) is 19.1 Å².